The van der Waals surface area contributed by atoms with Crippen molar-refractivity contribution in [2.24, 2.45) is 0 Å². The Balaban J connectivity index is 1.17. The van der Waals surface area contributed by atoms with Crippen molar-refractivity contribution < 1.29 is 4.42 Å². The Morgan fingerprint density at radius 2 is 0.983 bits per heavy atom. The Bertz CT molecular complexity index is 3570. The van der Waals surface area contributed by atoms with E-state index in [-0.39, 0.29) is 0 Å². The summed E-state index contributed by atoms with van der Waals surface area (Å²) in [5.41, 5.74) is 9.08. The van der Waals surface area contributed by atoms with Gasteiger partial charge in [-0.2, -0.15) is 0 Å². The van der Waals surface area contributed by atoms with Gasteiger partial charge in [0.05, 0.1) is 16.8 Å². The Hall–Kier alpha value is -7.54. The second kappa shape index (κ2) is 13.0. The smallest absolute Gasteiger partial charge is 0.167 e. The first-order chi connectivity index (χ1) is 28.7. The number of thiophene rings is 1. The molecule has 8 aromatic carbocycles. The molecule has 0 aliphatic heterocycles. The second-order valence-corrected chi connectivity index (χ2v) is 15.6. The van der Waals surface area contributed by atoms with Crippen LogP contribution >= 0.6 is 11.3 Å². The van der Waals surface area contributed by atoms with E-state index in [0.29, 0.717) is 17.5 Å². The molecule has 0 fully saturated rings. The highest BCUT2D eigenvalue weighted by atomic mass is 32.1. The topological polar surface area (TPSA) is 64.7 Å². The fourth-order valence-corrected chi connectivity index (χ4v) is 9.58. The first kappa shape index (κ1) is 32.7. The molecule has 12 rings (SSSR count). The van der Waals surface area contributed by atoms with Gasteiger partial charge >= 0.3 is 0 Å². The normalized spacial score (nSPS) is 11.8. The van der Waals surface area contributed by atoms with Gasteiger partial charge in [0, 0.05) is 63.8 Å². The molecule has 0 amide bonds. The maximum absolute atomic E-state index is 6.55. The van der Waals surface area contributed by atoms with E-state index in [0.717, 1.165) is 77.3 Å². The zero-order valence-corrected chi connectivity index (χ0v) is 31.7. The highest BCUT2D eigenvalue weighted by molar-refractivity contribution is 7.26. The molecule has 0 spiro atoms. The zero-order valence-electron chi connectivity index (χ0n) is 30.9. The molecule has 58 heavy (non-hydrogen) atoms. The van der Waals surface area contributed by atoms with Gasteiger partial charge in [0.15, 0.2) is 17.5 Å². The monoisotopic (exact) mass is 758 g/mol. The lowest BCUT2D eigenvalue weighted by molar-refractivity contribution is 0.669. The molecule has 6 heteroatoms. The number of hydrogen-bond donors (Lipinski definition) is 0. The number of aromatic nitrogens is 4. The van der Waals surface area contributed by atoms with Crippen molar-refractivity contribution in [2.75, 3.05) is 0 Å². The van der Waals surface area contributed by atoms with Crippen LogP contribution in [0.2, 0.25) is 0 Å². The molecule has 0 bridgehead atoms. The predicted octanol–water partition coefficient (Wildman–Crippen LogP) is 14.2. The highest BCUT2D eigenvalue weighted by Crippen LogP contribution is 2.45. The molecule has 0 saturated heterocycles. The van der Waals surface area contributed by atoms with Crippen LogP contribution < -0.4 is 0 Å². The van der Waals surface area contributed by atoms with Gasteiger partial charge in [0.25, 0.3) is 0 Å². The molecule has 0 atom stereocenters. The molecule has 5 nitrogen and oxygen atoms in total. The highest BCUT2D eigenvalue weighted by Gasteiger charge is 2.22. The Kier molecular flexibility index (Phi) is 7.33. The molecule has 0 radical (unpaired) electrons. The summed E-state index contributed by atoms with van der Waals surface area (Å²) in [4.78, 5) is 21.4. The van der Waals surface area contributed by atoms with Gasteiger partial charge in [0.1, 0.15) is 11.2 Å². The fourth-order valence-electron chi connectivity index (χ4n) is 8.47. The fraction of sp³-hybridized carbons (Fsp3) is 0. The van der Waals surface area contributed by atoms with Gasteiger partial charge in [-0.15, -0.1) is 11.3 Å². The van der Waals surface area contributed by atoms with Gasteiger partial charge in [-0.25, -0.2) is 19.9 Å². The molecule has 0 saturated carbocycles. The van der Waals surface area contributed by atoms with Crippen molar-refractivity contribution in [2.45, 2.75) is 0 Å². The van der Waals surface area contributed by atoms with Crippen molar-refractivity contribution in [1.82, 2.24) is 19.9 Å². The largest absolute Gasteiger partial charge is 0.455 e. The van der Waals surface area contributed by atoms with Crippen LogP contribution in [0.15, 0.2) is 186 Å². The SMILES string of the molecule is c1ccc(-c2cccc(-c3nc(-c4cccc5c4nc(-c4ccccc4)c4ccc6sc7ccccc7c6c45)nc(-c4cccc5c4oc4ccccc45)n3)c2)cc1. The number of furan rings is 1. The molecular formula is C52H30N4OS. The van der Waals surface area contributed by atoms with Crippen LogP contribution in [-0.2, 0) is 0 Å². The zero-order chi connectivity index (χ0) is 38.2. The van der Waals surface area contributed by atoms with Gasteiger partial charge in [-0.3, -0.25) is 0 Å². The van der Waals surface area contributed by atoms with E-state index >= 15 is 0 Å². The lowest BCUT2D eigenvalue weighted by atomic mass is 9.95. The van der Waals surface area contributed by atoms with Crippen molar-refractivity contribution in [3.63, 3.8) is 0 Å². The van der Waals surface area contributed by atoms with Gasteiger partial charge < -0.3 is 4.42 Å². The third-order valence-corrected chi connectivity index (χ3v) is 12.3. The molecule has 0 N–H and O–H groups in total. The number of benzene rings is 8. The van der Waals surface area contributed by atoms with Crippen molar-refractivity contribution >= 4 is 75.1 Å². The molecule has 4 aromatic heterocycles. The quantitative estimate of drug-likeness (QED) is 0.164. The van der Waals surface area contributed by atoms with Crippen molar-refractivity contribution in [1.29, 1.82) is 0 Å². The molecule has 0 aliphatic carbocycles. The third-order valence-electron chi connectivity index (χ3n) is 11.1. The van der Waals surface area contributed by atoms with E-state index in [2.05, 4.69) is 140 Å². The van der Waals surface area contributed by atoms with Crippen LogP contribution in [0, 0.1) is 0 Å². The minimum absolute atomic E-state index is 0.530. The summed E-state index contributed by atoms with van der Waals surface area (Å²) in [5.74, 6) is 1.64. The van der Waals surface area contributed by atoms with Crippen LogP contribution in [0.25, 0.3) is 120 Å². The lowest BCUT2D eigenvalue weighted by Crippen LogP contribution is -2.02. The van der Waals surface area contributed by atoms with E-state index in [1.54, 1.807) is 0 Å². The molecule has 0 aliphatic rings. The van der Waals surface area contributed by atoms with E-state index in [1.165, 1.54) is 25.6 Å². The summed E-state index contributed by atoms with van der Waals surface area (Å²) >= 11 is 1.83. The maximum Gasteiger partial charge on any atom is 0.167 e. The standard InChI is InChI=1S/C52H30N4OS/c1-3-14-31(15-4-1)33-18-11-19-34(30-33)50-54-51(56-52(55-50)41-25-12-22-36-35-20-7-9-26-42(35)57-49(36)41)40-24-13-23-38-45-39(47(53-48(38)40)32-16-5-2-6-17-32)28-29-44-46(45)37-21-8-10-27-43(37)58-44/h1-30H. The molecule has 270 valence electrons. The molecule has 4 heterocycles. The summed E-state index contributed by atoms with van der Waals surface area (Å²) in [6.07, 6.45) is 0. The minimum atomic E-state index is 0.530. The van der Waals surface area contributed by atoms with Crippen LogP contribution in [0.1, 0.15) is 0 Å². The summed E-state index contributed by atoms with van der Waals surface area (Å²) in [7, 11) is 0. The summed E-state index contributed by atoms with van der Waals surface area (Å²) < 4.78 is 9.05. The molecular weight excluding hydrogens is 729 g/mol. The van der Waals surface area contributed by atoms with Crippen molar-refractivity contribution in [3.05, 3.63) is 182 Å². The van der Waals surface area contributed by atoms with E-state index in [4.69, 9.17) is 24.4 Å². The van der Waals surface area contributed by atoms with Gasteiger partial charge in [-0.05, 0) is 47.5 Å². The van der Waals surface area contributed by atoms with Crippen LogP contribution in [0.5, 0.6) is 0 Å². The van der Waals surface area contributed by atoms with E-state index in [9.17, 15) is 0 Å². The second-order valence-electron chi connectivity index (χ2n) is 14.5. The predicted molar refractivity (Wildman–Crippen MR) is 240 cm³/mol. The number of para-hydroxylation sites is 3. The summed E-state index contributed by atoms with van der Waals surface area (Å²) in [6.45, 7) is 0. The van der Waals surface area contributed by atoms with Gasteiger partial charge in [-0.1, -0.05) is 146 Å². The minimum Gasteiger partial charge on any atom is -0.455 e. The molecule has 12 aromatic rings. The number of nitrogens with zero attached hydrogens (tertiary/aromatic N) is 4. The number of fused-ring (bicyclic) bond motifs is 10. The average molecular weight is 759 g/mol. The average Bonchev–Trinajstić information content (AvgIpc) is 3.88. The first-order valence-corrected chi connectivity index (χ1v) is 20.1. The number of pyridine rings is 1. The number of rotatable bonds is 5. The van der Waals surface area contributed by atoms with Crippen LogP contribution in [0.4, 0.5) is 0 Å². The van der Waals surface area contributed by atoms with E-state index in [1.807, 2.05) is 53.8 Å². The summed E-state index contributed by atoms with van der Waals surface area (Å²) in [5, 5.41) is 7.89. The number of hydrogen-bond acceptors (Lipinski definition) is 6. The van der Waals surface area contributed by atoms with Gasteiger partial charge in [0.2, 0.25) is 0 Å². The van der Waals surface area contributed by atoms with E-state index < -0.39 is 0 Å². The van der Waals surface area contributed by atoms with Crippen LogP contribution in [0.3, 0.4) is 0 Å². The van der Waals surface area contributed by atoms with Crippen molar-refractivity contribution in [3.8, 4) is 56.5 Å². The Morgan fingerprint density at radius 3 is 1.83 bits per heavy atom. The lowest BCUT2D eigenvalue weighted by Gasteiger charge is -2.15. The summed E-state index contributed by atoms with van der Waals surface area (Å²) in [6, 6.07) is 63.1. The molecule has 0 unspecified atom stereocenters. The Labute approximate surface area is 336 Å². The maximum atomic E-state index is 6.55. The third kappa shape index (κ3) is 5.16. The first-order valence-electron chi connectivity index (χ1n) is 19.3. The Morgan fingerprint density at radius 1 is 0.362 bits per heavy atom. The van der Waals surface area contributed by atoms with Crippen LogP contribution in [-0.4, -0.2) is 19.9 Å².